The Balaban J connectivity index is 2.56. The molecule has 0 atom stereocenters. The zero-order valence-electron chi connectivity index (χ0n) is 10.1. The van der Waals surface area contributed by atoms with Crippen molar-refractivity contribution in [3.63, 3.8) is 0 Å². The van der Waals surface area contributed by atoms with E-state index in [1.54, 1.807) is 12.4 Å². The summed E-state index contributed by atoms with van der Waals surface area (Å²) in [6, 6.07) is 0. The van der Waals surface area contributed by atoms with Crippen LogP contribution in [-0.2, 0) is 6.54 Å². The summed E-state index contributed by atoms with van der Waals surface area (Å²) in [6.07, 6.45) is 7.66. The highest BCUT2D eigenvalue weighted by molar-refractivity contribution is 5.34. The number of allylic oxidation sites excluding steroid dienone is 1. The van der Waals surface area contributed by atoms with Crippen LogP contribution in [0.4, 0.5) is 5.82 Å². The van der Waals surface area contributed by atoms with E-state index in [2.05, 4.69) is 26.8 Å². The number of rotatable bonds is 7. The van der Waals surface area contributed by atoms with Gasteiger partial charge in [0.1, 0.15) is 5.82 Å². The molecule has 0 fully saturated rings. The maximum Gasteiger partial charge on any atom is 0.147 e. The van der Waals surface area contributed by atoms with Crippen molar-refractivity contribution in [1.82, 2.24) is 15.3 Å². The van der Waals surface area contributed by atoms with Gasteiger partial charge in [0.05, 0.1) is 11.9 Å². The summed E-state index contributed by atoms with van der Waals surface area (Å²) in [4.78, 5) is 10.8. The lowest BCUT2D eigenvalue weighted by Gasteiger charge is -2.17. The molecular formula is C12H20N4. The monoisotopic (exact) mass is 220 g/mol. The minimum absolute atomic E-state index is 0.751. The van der Waals surface area contributed by atoms with Crippen LogP contribution >= 0.6 is 0 Å². The molecule has 1 aromatic heterocycles. The SMILES string of the molecule is C=CCCCN(C)c1cncc(CNC)n1. The Morgan fingerprint density at radius 3 is 3.00 bits per heavy atom. The smallest absolute Gasteiger partial charge is 0.147 e. The second-order valence-corrected chi connectivity index (χ2v) is 3.75. The van der Waals surface area contributed by atoms with E-state index in [4.69, 9.17) is 0 Å². The summed E-state index contributed by atoms with van der Waals surface area (Å²) in [6.45, 7) is 5.44. The van der Waals surface area contributed by atoms with Crippen LogP contribution < -0.4 is 10.2 Å². The molecule has 0 aromatic carbocycles. The highest BCUT2D eigenvalue weighted by Crippen LogP contribution is 2.08. The largest absolute Gasteiger partial charge is 0.358 e. The molecular weight excluding hydrogens is 200 g/mol. The van der Waals surface area contributed by atoms with Crippen molar-refractivity contribution in [2.24, 2.45) is 0 Å². The van der Waals surface area contributed by atoms with Crippen LogP contribution in [0.1, 0.15) is 18.5 Å². The number of hydrogen-bond donors (Lipinski definition) is 1. The Morgan fingerprint density at radius 1 is 1.50 bits per heavy atom. The Morgan fingerprint density at radius 2 is 2.31 bits per heavy atom. The number of hydrogen-bond acceptors (Lipinski definition) is 4. The maximum atomic E-state index is 4.52. The van der Waals surface area contributed by atoms with E-state index in [1.165, 1.54) is 0 Å². The van der Waals surface area contributed by atoms with Gasteiger partial charge in [-0.25, -0.2) is 4.98 Å². The highest BCUT2D eigenvalue weighted by Gasteiger charge is 2.03. The second kappa shape index (κ2) is 6.95. The number of anilines is 1. The number of unbranched alkanes of at least 4 members (excludes halogenated alkanes) is 1. The zero-order chi connectivity index (χ0) is 11.8. The predicted octanol–water partition coefficient (Wildman–Crippen LogP) is 1.60. The Labute approximate surface area is 97.4 Å². The molecule has 0 aliphatic rings. The van der Waals surface area contributed by atoms with Gasteiger partial charge >= 0.3 is 0 Å². The number of aromatic nitrogens is 2. The molecule has 1 N–H and O–H groups in total. The van der Waals surface area contributed by atoms with Gasteiger partial charge in [-0.05, 0) is 19.9 Å². The molecule has 0 radical (unpaired) electrons. The third kappa shape index (κ3) is 3.98. The lowest BCUT2D eigenvalue weighted by molar-refractivity contribution is 0.759. The van der Waals surface area contributed by atoms with Gasteiger partial charge in [-0.3, -0.25) is 4.98 Å². The van der Waals surface area contributed by atoms with Gasteiger partial charge in [-0.1, -0.05) is 6.08 Å². The average Bonchev–Trinajstić information content (AvgIpc) is 2.30. The molecule has 0 bridgehead atoms. The highest BCUT2D eigenvalue weighted by atomic mass is 15.2. The fraction of sp³-hybridized carbons (Fsp3) is 0.500. The van der Waals surface area contributed by atoms with Gasteiger partial charge in [-0.15, -0.1) is 6.58 Å². The van der Waals surface area contributed by atoms with Gasteiger partial charge in [-0.2, -0.15) is 0 Å². The Hall–Kier alpha value is -1.42. The molecule has 1 heterocycles. The number of nitrogens with one attached hydrogen (secondary N) is 1. The molecule has 1 rings (SSSR count). The van der Waals surface area contributed by atoms with Crippen LogP contribution in [0, 0.1) is 0 Å². The summed E-state index contributed by atoms with van der Waals surface area (Å²) >= 11 is 0. The van der Waals surface area contributed by atoms with E-state index in [9.17, 15) is 0 Å². The first-order valence-electron chi connectivity index (χ1n) is 5.55. The third-order valence-electron chi connectivity index (χ3n) is 2.32. The first-order valence-corrected chi connectivity index (χ1v) is 5.55. The molecule has 1 aromatic rings. The van der Waals surface area contributed by atoms with E-state index in [-0.39, 0.29) is 0 Å². The zero-order valence-corrected chi connectivity index (χ0v) is 10.1. The van der Waals surface area contributed by atoms with Crippen molar-refractivity contribution < 1.29 is 0 Å². The van der Waals surface area contributed by atoms with Crippen LogP contribution in [-0.4, -0.2) is 30.6 Å². The minimum atomic E-state index is 0.751. The van der Waals surface area contributed by atoms with Crippen molar-refractivity contribution in [3.05, 3.63) is 30.7 Å². The van der Waals surface area contributed by atoms with Gasteiger partial charge in [0, 0.05) is 26.3 Å². The fourth-order valence-corrected chi connectivity index (χ4v) is 1.43. The summed E-state index contributed by atoms with van der Waals surface area (Å²) in [5, 5.41) is 3.07. The molecule has 0 aliphatic carbocycles. The van der Waals surface area contributed by atoms with Gasteiger partial charge in [0.25, 0.3) is 0 Å². The lowest BCUT2D eigenvalue weighted by Crippen LogP contribution is -2.20. The minimum Gasteiger partial charge on any atom is -0.358 e. The molecule has 0 aliphatic heterocycles. The van der Waals surface area contributed by atoms with E-state index in [0.29, 0.717) is 0 Å². The normalized spacial score (nSPS) is 10.1. The molecule has 0 amide bonds. The molecule has 0 saturated heterocycles. The van der Waals surface area contributed by atoms with Gasteiger partial charge < -0.3 is 10.2 Å². The van der Waals surface area contributed by atoms with Crippen molar-refractivity contribution >= 4 is 5.82 Å². The van der Waals surface area contributed by atoms with Crippen molar-refractivity contribution in [1.29, 1.82) is 0 Å². The lowest BCUT2D eigenvalue weighted by atomic mass is 10.3. The fourth-order valence-electron chi connectivity index (χ4n) is 1.43. The molecule has 0 spiro atoms. The van der Waals surface area contributed by atoms with Crippen molar-refractivity contribution in [2.45, 2.75) is 19.4 Å². The maximum absolute atomic E-state index is 4.52. The van der Waals surface area contributed by atoms with Crippen LogP contribution in [0.2, 0.25) is 0 Å². The number of nitrogens with zero attached hydrogens (tertiary/aromatic N) is 3. The molecule has 0 saturated carbocycles. The first kappa shape index (κ1) is 12.6. The molecule has 88 valence electrons. The van der Waals surface area contributed by atoms with Crippen LogP contribution in [0.25, 0.3) is 0 Å². The standard InChI is InChI=1S/C12H20N4/c1-4-5-6-7-16(3)12-10-14-9-11(15-12)8-13-2/h4,9-10,13H,1,5-8H2,2-3H3. The van der Waals surface area contributed by atoms with E-state index >= 15 is 0 Å². The van der Waals surface area contributed by atoms with Crippen LogP contribution in [0.5, 0.6) is 0 Å². The summed E-state index contributed by atoms with van der Waals surface area (Å²) in [7, 11) is 3.94. The summed E-state index contributed by atoms with van der Waals surface area (Å²) < 4.78 is 0. The Bertz CT molecular complexity index is 325. The van der Waals surface area contributed by atoms with Crippen LogP contribution in [0.15, 0.2) is 25.0 Å². The van der Waals surface area contributed by atoms with E-state index < -0.39 is 0 Å². The van der Waals surface area contributed by atoms with Gasteiger partial charge in [0.15, 0.2) is 0 Å². The van der Waals surface area contributed by atoms with Crippen LogP contribution in [0.3, 0.4) is 0 Å². The van der Waals surface area contributed by atoms with E-state index in [0.717, 1.165) is 37.4 Å². The average molecular weight is 220 g/mol. The molecule has 4 nitrogen and oxygen atoms in total. The quantitative estimate of drug-likeness (QED) is 0.560. The third-order valence-corrected chi connectivity index (χ3v) is 2.32. The topological polar surface area (TPSA) is 41.1 Å². The second-order valence-electron chi connectivity index (χ2n) is 3.75. The van der Waals surface area contributed by atoms with E-state index in [1.807, 2.05) is 20.2 Å². The predicted molar refractivity (Wildman–Crippen MR) is 67.5 cm³/mol. The van der Waals surface area contributed by atoms with Crippen molar-refractivity contribution in [2.75, 3.05) is 25.5 Å². The Kier molecular flexibility index (Phi) is 5.50. The van der Waals surface area contributed by atoms with Crippen molar-refractivity contribution in [3.8, 4) is 0 Å². The molecule has 4 heteroatoms. The van der Waals surface area contributed by atoms with Gasteiger partial charge in [0.2, 0.25) is 0 Å². The first-order chi connectivity index (χ1) is 7.77. The summed E-state index contributed by atoms with van der Waals surface area (Å²) in [5.41, 5.74) is 0.968. The molecule has 16 heavy (non-hydrogen) atoms. The summed E-state index contributed by atoms with van der Waals surface area (Å²) in [5.74, 6) is 0.928. The molecule has 0 unspecified atom stereocenters.